The number of anilines is 1. The maximum Gasteiger partial charge on any atom is 0.261 e. The molecule has 9 heteroatoms. The molecular weight excluding hydrogens is 404 g/mol. The third-order valence-electron chi connectivity index (χ3n) is 3.62. The number of carbonyl (C=O) groups excluding carboxylic acids is 1. The third kappa shape index (κ3) is 6.31. The van der Waals surface area contributed by atoms with Gasteiger partial charge in [-0.2, -0.15) is 0 Å². The topological polar surface area (TPSA) is 93.7 Å². The average Bonchev–Trinajstić information content (AvgIpc) is 2.65. The van der Waals surface area contributed by atoms with Crippen molar-refractivity contribution in [1.29, 1.82) is 0 Å². The fraction of sp³-hybridized carbons (Fsp3) is 0.316. The van der Waals surface area contributed by atoms with Crippen molar-refractivity contribution in [1.82, 2.24) is 5.32 Å². The number of rotatable bonds is 9. The van der Waals surface area contributed by atoms with Gasteiger partial charge in [-0.15, -0.1) is 0 Å². The highest BCUT2D eigenvalue weighted by Crippen LogP contribution is 2.28. The monoisotopic (exact) mass is 426 g/mol. The second-order valence-electron chi connectivity index (χ2n) is 6.41. The van der Waals surface area contributed by atoms with E-state index in [0.29, 0.717) is 34.7 Å². The second kappa shape index (κ2) is 9.66. The third-order valence-corrected chi connectivity index (χ3v) is 5.31. The number of sulfonamides is 1. The fourth-order valence-electron chi connectivity index (χ4n) is 2.18. The van der Waals surface area contributed by atoms with Crippen LogP contribution in [0.15, 0.2) is 47.4 Å². The Hall–Kier alpha value is -2.45. The lowest BCUT2D eigenvalue weighted by molar-refractivity contribution is -0.123. The van der Waals surface area contributed by atoms with Gasteiger partial charge in [-0.25, -0.2) is 8.42 Å². The zero-order valence-corrected chi connectivity index (χ0v) is 17.4. The Morgan fingerprint density at radius 1 is 1.14 bits per heavy atom. The Morgan fingerprint density at radius 2 is 1.82 bits per heavy atom. The summed E-state index contributed by atoms with van der Waals surface area (Å²) in [4.78, 5) is 11.7. The smallest absolute Gasteiger partial charge is 0.261 e. The molecule has 2 aromatic carbocycles. The zero-order valence-electron chi connectivity index (χ0n) is 15.9. The molecule has 1 amide bonds. The zero-order chi connectivity index (χ0) is 20.7. The maximum atomic E-state index is 12.5. The molecule has 7 nitrogen and oxygen atoms in total. The van der Waals surface area contributed by atoms with E-state index in [1.165, 1.54) is 37.4 Å². The van der Waals surface area contributed by atoms with Crippen molar-refractivity contribution in [3.05, 3.63) is 47.5 Å². The summed E-state index contributed by atoms with van der Waals surface area (Å²) in [6.45, 7) is 4.42. The van der Waals surface area contributed by atoms with Crippen LogP contribution in [-0.4, -0.2) is 34.6 Å². The number of methoxy groups -OCH3 is 1. The molecular formula is C19H23ClN2O5S. The van der Waals surface area contributed by atoms with E-state index in [2.05, 4.69) is 10.0 Å². The fourth-order valence-corrected chi connectivity index (χ4v) is 3.48. The van der Waals surface area contributed by atoms with Crippen molar-refractivity contribution in [3.63, 3.8) is 0 Å². The summed E-state index contributed by atoms with van der Waals surface area (Å²) in [6, 6.07) is 10.4. The standard InChI is InChI=1S/C19H23ClN2O5S/c1-13(2)11-21-19(23)12-27-15-5-7-16(8-6-15)28(24,25)22-14-4-9-18(26-3)17(20)10-14/h4-10,13,22H,11-12H2,1-3H3,(H,21,23). The molecule has 2 aromatic rings. The van der Waals surface area contributed by atoms with Crippen LogP contribution in [-0.2, 0) is 14.8 Å². The van der Waals surface area contributed by atoms with Crippen molar-refractivity contribution in [2.75, 3.05) is 25.0 Å². The van der Waals surface area contributed by atoms with Gasteiger partial charge in [0.15, 0.2) is 6.61 Å². The Morgan fingerprint density at radius 3 is 2.39 bits per heavy atom. The lowest BCUT2D eigenvalue weighted by Gasteiger charge is -2.11. The highest BCUT2D eigenvalue weighted by Gasteiger charge is 2.15. The van der Waals surface area contributed by atoms with Crippen molar-refractivity contribution >= 4 is 33.2 Å². The first-order valence-electron chi connectivity index (χ1n) is 8.57. The van der Waals surface area contributed by atoms with Gasteiger partial charge >= 0.3 is 0 Å². The summed E-state index contributed by atoms with van der Waals surface area (Å²) in [5, 5.41) is 3.03. The van der Waals surface area contributed by atoms with Crippen LogP contribution in [0.2, 0.25) is 5.02 Å². The minimum absolute atomic E-state index is 0.0519. The Kier molecular flexibility index (Phi) is 7.53. The van der Waals surface area contributed by atoms with Gasteiger partial charge in [0.25, 0.3) is 15.9 Å². The van der Waals surface area contributed by atoms with Gasteiger partial charge in [0.05, 0.1) is 22.7 Å². The van der Waals surface area contributed by atoms with Gasteiger partial charge < -0.3 is 14.8 Å². The molecule has 2 rings (SSSR count). The van der Waals surface area contributed by atoms with Crippen LogP contribution in [0, 0.1) is 5.92 Å². The number of carbonyl (C=O) groups is 1. The van der Waals surface area contributed by atoms with Crippen LogP contribution in [0.3, 0.4) is 0 Å². The molecule has 2 N–H and O–H groups in total. The molecule has 0 bridgehead atoms. The van der Waals surface area contributed by atoms with Gasteiger partial charge in [-0.3, -0.25) is 9.52 Å². The van der Waals surface area contributed by atoms with E-state index < -0.39 is 10.0 Å². The van der Waals surface area contributed by atoms with Crippen molar-refractivity contribution in [2.24, 2.45) is 5.92 Å². The van der Waals surface area contributed by atoms with E-state index in [4.69, 9.17) is 21.1 Å². The largest absolute Gasteiger partial charge is 0.495 e. The van der Waals surface area contributed by atoms with Crippen LogP contribution in [0.5, 0.6) is 11.5 Å². The van der Waals surface area contributed by atoms with E-state index in [1.54, 1.807) is 12.1 Å². The summed E-state index contributed by atoms with van der Waals surface area (Å²) in [5.41, 5.74) is 0.313. The number of hydrogen-bond donors (Lipinski definition) is 2. The van der Waals surface area contributed by atoms with Crippen LogP contribution in [0.4, 0.5) is 5.69 Å². The van der Waals surface area contributed by atoms with E-state index in [9.17, 15) is 13.2 Å². The SMILES string of the molecule is COc1ccc(NS(=O)(=O)c2ccc(OCC(=O)NCC(C)C)cc2)cc1Cl. The molecule has 0 spiro atoms. The molecule has 0 aliphatic carbocycles. The number of amides is 1. The molecule has 28 heavy (non-hydrogen) atoms. The average molecular weight is 427 g/mol. The lowest BCUT2D eigenvalue weighted by Crippen LogP contribution is -2.31. The number of benzene rings is 2. The number of ether oxygens (including phenoxy) is 2. The predicted molar refractivity (Wildman–Crippen MR) is 109 cm³/mol. The first kappa shape index (κ1) is 21.8. The number of hydrogen-bond acceptors (Lipinski definition) is 5. The van der Waals surface area contributed by atoms with E-state index in [0.717, 1.165) is 0 Å². The van der Waals surface area contributed by atoms with Gasteiger partial charge in [0.2, 0.25) is 0 Å². The summed E-state index contributed by atoms with van der Waals surface area (Å²) in [7, 11) is -2.33. The van der Waals surface area contributed by atoms with E-state index >= 15 is 0 Å². The quantitative estimate of drug-likeness (QED) is 0.641. The Labute approximate surface area is 170 Å². The minimum Gasteiger partial charge on any atom is -0.495 e. The molecule has 0 saturated carbocycles. The van der Waals surface area contributed by atoms with Crippen molar-refractivity contribution in [2.45, 2.75) is 18.7 Å². The molecule has 152 valence electrons. The van der Waals surface area contributed by atoms with Crippen LogP contribution < -0.4 is 19.5 Å². The molecule has 0 heterocycles. The molecule has 0 aliphatic heterocycles. The van der Waals surface area contributed by atoms with E-state index in [1.807, 2.05) is 13.8 Å². The van der Waals surface area contributed by atoms with Gasteiger partial charge in [0.1, 0.15) is 11.5 Å². The Balaban J connectivity index is 1.99. The summed E-state index contributed by atoms with van der Waals surface area (Å²) >= 11 is 6.02. The summed E-state index contributed by atoms with van der Waals surface area (Å²) in [6.07, 6.45) is 0. The molecule has 0 saturated heterocycles. The van der Waals surface area contributed by atoms with E-state index in [-0.39, 0.29) is 17.4 Å². The number of halogens is 1. The highest BCUT2D eigenvalue weighted by molar-refractivity contribution is 7.92. The molecule has 0 aromatic heterocycles. The number of nitrogens with one attached hydrogen (secondary N) is 2. The van der Waals surface area contributed by atoms with Gasteiger partial charge in [-0.1, -0.05) is 25.4 Å². The molecule has 0 atom stereocenters. The van der Waals surface area contributed by atoms with Crippen LogP contribution in [0.25, 0.3) is 0 Å². The molecule has 0 fully saturated rings. The lowest BCUT2D eigenvalue weighted by atomic mass is 10.2. The first-order valence-corrected chi connectivity index (χ1v) is 10.4. The van der Waals surface area contributed by atoms with Gasteiger partial charge in [0, 0.05) is 6.54 Å². The minimum atomic E-state index is -3.80. The summed E-state index contributed by atoms with van der Waals surface area (Å²) < 4.78 is 37.9. The first-order chi connectivity index (χ1) is 13.2. The molecule has 0 unspecified atom stereocenters. The van der Waals surface area contributed by atoms with Gasteiger partial charge in [-0.05, 0) is 48.4 Å². The predicted octanol–water partition coefficient (Wildman–Crippen LogP) is 3.30. The van der Waals surface area contributed by atoms with Crippen molar-refractivity contribution < 1.29 is 22.7 Å². The molecule has 0 aliphatic rings. The second-order valence-corrected chi connectivity index (χ2v) is 8.50. The summed E-state index contributed by atoms with van der Waals surface area (Å²) in [5.74, 6) is 0.958. The maximum absolute atomic E-state index is 12.5. The highest BCUT2D eigenvalue weighted by atomic mass is 35.5. The van der Waals surface area contributed by atoms with Crippen molar-refractivity contribution in [3.8, 4) is 11.5 Å². The molecule has 0 radical (unpaired) electrons. The van der Waals surface area contributed by atoms with Crippen LogP contribution >= 0.6 is 11.6 Å². The Bertz CT molecular complexity index is 914. The van der Waals surface area contributed by atoms with Crippen LogP contribution in [0.1, 0.15) is 13.8 Å². The normalized spacial score (nSPS) is 11.2.